The third kappa shape index (κ3) is 5.69. The molecule has 0 spiro atoms. The average molecular weight is 379 g/mol. The van der Waals surface area contributed by atoms with Gasteiger partial charge in [-0.15, -0.1) is 0 Å². The molecule has 1 saturated heterocycles. The summed E-state index contributed by atoms with van der Waals surface area (Å²) in [4.78, 5) is 21.9. The maximum atomic E-state index is 11.9. The normalized spacial score (nSPS) is 13.3. The molecule has 138 valence electrons. The Hall–Kier alpha value is -2.68. The molecule has 1 aliphatic heterocycles. The number of aromatic hydroxyl groups is 1. The molecular formula is C17H19ClN4O4. The minimum absolute atomic E-state index is 0.0444. The van der Waals surface area contributed by atoms with E-state index in [1.54, 1.807) is 12.1 Å². The van der Waals surface area contributed by atoms with Gasteiger partial charge in [0.25, 0.3) is 11.6 Å². The van der Waals surface area contributed by atoms with Crippen molar-refractivity contribution >= 4 is 28.9 Å². The Balaban J connectivity index is 0.000000342. The molecule has 2 aromatic rings. The summed E-state index contributed by atoms with van der Waals surface area (Å²) >= 11 is 5.86. The lowest BCUT2D eigenvalue weighted by Gasteiger charge is -2.11. The van der Waals surface area contributed by atoms with Gasteiger partial charge in [-0.2, -0.15) is 0 Å². The van der Waals surface area contributed by atoms with E-state index in [0.29, 0.717) is 0 Å². The van der Waals surface area contributed by atoms with Gasteiger partial charge in [0.05, 0.1) is 21.2 Å². The molecule has 2 aromatic carbocycles. The summed E-state index contributed by atoms with van der Waals surface area (Å²) in [5.74, 6) is -0.720. The number of nitrogens with one attached hydrogen (secondary N) is 3. The van der Waals surface area contributed by atoms with Gasteiger partial charge in [0.15, 0.2) is 0 Å². The summed E-state index contributed by atoms with van der Waals surface area (Å²) in [6, 6.07) is 9.72. The summed E-state index contributed by atoms with van der Waals surface area (Å²) < 4.78 is 0. The number of nitrogens with zero attached hydrogens (tertiary/aromatic N) is 1. The van der Waals surface area contributed by atoms with Crippen LogP contribution in [0.3, 0.4) is 0 Å². The van der Waals surface area contributed by atoms with Gasteiger partial charge < -0.3 is 21.1 Å². The first-order chi connectivity index (χ1) is 12.5. The molecule has 1 heterocycles. The summed E-state index contributed by atoms with van der Waals surface area (Å²) in [5, 5.41) is 29.1. The number of phenols is 1. The fraction of sp³-hybridized carbons (Fsp3) is 0.235. The second-order valence-corrected chi connectivity index (χ2v) is 5.80. The highest BCUT2D eigenvalue weighted by atomic mass is 35.5. The van der Waals surface area contributed by atoms with Crippen molar-refractivity contribution in [2.45, 2.75) is 0 Å². The van der Waals surface area contributed by atoms with E-state index < -0.39 is 10.8 Å². The molecule has 0 unspecified atom stereocenters. The fourth-order valence-corrected chi connectivity index (χ4v) is 2.40. The van der Waals surface area contributed by atoms with Crippen molar-refractivity contribution in [1.82, 2.24) is 10.6 Å². The van der Waals surface area contributed by atoms with E-state index in [0.717, 1.165) is 32.2 Å². The number of rotatable bonds is 3. The highest BCUT2D eigenvalue weighted by molar-refractivity contribution is 6.34. The lowest BCUT2D eigenvalue weighted by atomic mass is 10.2. The molecule has 0 saturated carbocycles. The van der Waals surface area contributed by atoms with Crippen LogP contribution < -0.4 is 16.0 Å². The van der Waals surface area contributed by atoms with E-state index in [1.807, 2.05) is 0 Å². The molecule has 0 atom stereocenters. The van der Waals surface area contributed by atoms with Gasteiger partial charge in [-0.25, -0.2) is 0 Å². The molecule has 0 aliphatic carbocycles. The fourth-order valence-electron chi connectivity index (χ4n) is 2.18. The first-order valence-electron chi connectivity index (χ1n) is 7.94. The van der Waals surface area contributed by atoms with E-state index >= 15 is 0 Å². The molecule has 4 N–H and O–H groups in total. The molecule has 1 amide bonds. The van der Waals surface area contributed by atoms with Crippen LogP contribution in [0.25, 0.3) is 0 Å². The minimum Gasteiger partial charge on any atom is -0.507 e. The maximum absolute atomic E-state index is 11.9. The smallest absolute Gasteiger partial charge is 0.271 e. The molecule has 3 rings (SSSR count). The van der Waals surface area contributed by atoms with Crippen LogP contribution in [0.4, 0.5) is 11.4 Å². The number of anilines is 1. The lowest BCUT2D eigenvalue weighted by Crippen LogP contribution is -2.39. The monoisotopic (exact) mass is 378 g/mol. The third-order valence-electron chi connectivity index (χ3n) is 3.52. The van der Waals surface area contributed by atoms with E-state index in [4.69, 9.17) is 11.6 Å². The van der Waals surface area contributed by atoms with Crippen LogP contribution in [0.15, 0.2) is 42.5 Å². The topological polar surface area (TPSA) is 117 Å². The first kappa shape index (κ1) is 19.6. The van der Waals surface area contributed by atoms with Gasteiger partial charge in [0.1, 0.15) is 5.75 Å². The van der Waals surface area contributed by atoms with Crippen molar-refractivity contribution in [2.75, 3.05) is 31.5 Å². The van der Waals surface area contributed by atoms with Gasteiger partial charge in [0, 0.05) is 38.3 Å². The second kappa shape index (κ2) is 9.71. The summed E-state index contributed by atoms with van der Waals surface area (Å²) in [7, 11) is 0. The highest BCUT2D eigenvalue weighted by Gasteiger charge is 2.14. The number of amides is 1. The number of para-hydroxylation sites is 1. The Morgan fingerprint density at radius 2 is 1.73 bits per heavy atom. The maximum Gasteiger partial charge on any atom is 0.271 e. The molecule has 0 radical (unpaired) electrons. The Kier molecular flexibility index (Phi) is 7.34. The number of hydrogen-bond donors (Lipinski definition) is 4. The summed E-state index contributed by atoms with van der Waals surface area (Å²) in [5.41, 5.74) is 0.142. The van der Waals surface area contributed by atoms with Gasteiger partial charge in [-0.05, 0) is 18.2 Å². The Labute approximate surface area is 155 Å². The van der Waals surface area contributed by atoms with Gasteiger partial charge in [0.2, 0.25) is 0 Å². The van der Waals surface area contributed by atoms with Crippen LogP contribution in [0, 0.1) is 10.1 Å². The van der Waals surface area contributed by atoms with E-state index in [2.05, 4.69) is 16.0 Å². The largest absolute Gasteiger partial charge is 0.507 e. The number of non-ortho nitro benzene ring substituents is 1. The van der Waals surface area contributed by atoms with Crippen molar-refractivity contribution in [1.29, 1.82) is 0 Å². The quantitative estimate of drug-likeness (QED) is 0.481. The van der Waals surface area contributed by atoms with Crippen molar-refractivity contribution in [3.8, 4) is 5.75 Å². The van der Waals surface area contributed by atoms with Crippen molar-refractivity contribution in [2.24, 2.45) is 0 Å². The van der Waals surface area contributed by atoms with Crippen molar-refractivity contribution < 1.29 is 14.8 Å². The predicted molar refractivity (Wildman–Crippen MR) is 99.9 cm³/mol. The molecule has 1 aliphatic rings. The molecule has 9 heteroatoms. The number of piperazine rings is 1. The molecule has 0 aromatic heterocycles. The Morgan fingerprint density at radius 3 is 2.23 bits per heavy atom. The molecule has 26 heavy (non-hydrogen) atoms. The van der Waals surface area contributed by atoms with Gasteiger partial charge in [-0.3, -0.25) is 14.9 Å². The number of carbonyl (C=O) groups excluding carboxylic acids is 1. The van der Waals surface area contributed by atoms with Crippen LogP contribution in [-0.2, 0) is 0 Å². The average Bonchev–Trinajstić information content (AvgIpc) is 2.65. The first-order valence-corrected chi connectivity index (χ1v) is 8.31. The number of nitro benzene ring substituents is 1. The van der Waals surface area contributed by atoms with Crippen LogP contribution in [0.5, 0.6) is 5.75 Å². The number of hydrogen-bond acceptors (Lipinski definition) is 6. The highest BCUT2D eigenvalue weighted by Crippen LogP contribution is 2.27. The van der Waals surface area contributed by atoms with Crippen molar-refractivity contribution in [3.05, 3.63) is 63.2 Å². The summed E-state index contributed by atoms with van der Waals surface area (Å²) in [6.07, 6.45) is 0. The zero-order valence-corrected chi connectivity index (χ0v) is 14.6. The standard InChI is InChI=1S/C13H9ClN2O4.C4H10N2/c14-10-7-8(16(19)20)5-6-11(10)15-13(18)9-3-1-2-4-12(9)17;1-2-6-4-3-5-1/h1-7,17H,(H,15,18);5-6H,1-4H2. The third-order valence-corrected chi connectivity index (χ3v) is 3.83. The molecule has 1 fully saturated rings. The second-order valence-electron chi connectivity index (χ2n) is 5.39. The van der Waals surface area contributed by atoms with Crippen LogP contribution in [0.1, 0.15) is 10.4 Å². The number of benzene rings is 2. The SMILES string of the molecule is C1CNCCN1.O=C(Nc1ccc([N+](=O)[O-])cc1Cl)c1ccccc1O. The van der Waals surface area contributed by atoms with Crippen LogP contribution in [0.2, 0.25) is 5.02 Å². The number of phenolic OH excluding ortho intramolecular Hbond substituents is 1. The van der Waals surface area contributed by atoms with Gasteiger partial charge >= 0.3 is 0 Å². The van der Waals surface area contributed by atoms with Crippen LogP contribution in [-0.4, -0.2) is 42.1 Å². The zero-order chi connectivity index (χ0) is 18.9. The molecular weight excluding hydrogens is 360 g/mol. The molecule has 0 bridgehead atoms. The lowest BCUT2D eigenvalue weighted by molar-refractivity contribution is -0.384. The predicted octanol–water partition coefficient (Wildman–Crippen LogP) is 2.39. The number of carbonyl (C=O) groups is 1. The molecule has 8 nitrogen and oxygen atoms in total. The number of halogens is 1. The van der Waals surface area contributed by atoms with Crippen LogP contribution >= 0.6 is 11.6 Å². The van der Waals surface area contributed by atoms with Gasteiger partial charge in [-0.1, -0.05) is 23.7 Å². The summed E-state index contributed by atoms with van der Waals surface area (Å²) in [6.45, 7) is 4.56. The Bertz CT molecular complexity index is 770. The zero-order valence-electron chi connectivity index (χ0n) is 13.9. The van der Waals surface area contributed by atoms with E-state index in [9.17, 15) is 20.0 Å². The minimum atomic E-state index is -0.583. The van der Waals surface area contributed by atoms with E-state index in [-0.39, 0.29) is 27.7 Å². The van der Waals surface area contributed by atoms with E-state index in [1.165, 1.54) is 24.3 Å². The Morgan fingerprint density at radius 1 is 1.12 bits per heavy atom. The van der Waals surface area contributed by atoms with Crippen molar-refractivity contribution in [3.63, 3.8) is 0 Å². The number of nitro groups is 1.